The van der Waals surface area contributed by atoms with Gasteiger partial charge in [0.05, 0.1) is 11.7 Å². The second-order valence-corrected chi connectivity index (χ2v) is 8.22. The third-order valence-electron chi connectivity index (χ3n) is 5.30. The fraction of sp³-hybridized carbons (Fsp3) is 0.409. The first kappa shape index (κ1) is 20.3. The number of thiophene rings is 1. The molecule has 3 aromatic rings. The third kappa shape index (κ3) is 4.02. The van der Waals surface area contributed by atoms with E-state index in [1.165, 1.54) is 22.2 Å². The van der Waals surface area contributed by atoms with Crippen molar-refractivity contribution in [3.05, 3.63) is 53.1 Å². The highest BCUT2D eigenvalue weighted by Gasteiger charge is 2.24. The van der Waals surface area contributed by atoms with Gasteiger partial charge in [-0.15, -0.1) is 11.3 Å². The van der Waals surface area contributed by atoms with Crippen LogP contribution < -0.4 is 5.56 Å². The van der Waals surface area contributed by atoms with E-state index in [0.717, 1.165) is 23.3 Å². The molecule has 0 fully saturated rings. The summed E-state index contributed by atoms with van der Waals surface area (Å²) in [6, 6.07) is 12.1. The Morgan fingerprint density at radius 2 is 1.79 bits per heavy atom. The maximum Gasteiger partial charge on any atom is 0.262 e. The molecule has 2 atom stereocenters. The second kappa shape index (κ2) is 8.69. The van der Waals surface area contributed by atoms with Crippen LogP contribution in [-0.2, 0) is 11.3 Å². The molecule has 5 nitrogen and oxygen atoms in total. The molecule has 1 amide bonds. The molecule has 2 aromatic heterocycles. The predicted octanol–water partition coefficient (Wildman–Crippen LogP) is 4.55. The summed E-state index contributed by atoms with van der Waals surface area (Å²) in [7, 11) is 0. The van der Waals surface area contributed by atoms with Crippen molar-refractivity contribution in [2.75, 3.05) is 0 Å². The summed E-state index contributed by atoms with van der Waals surface area (Å²) in [6.07, 6.45) is 3.26. The molecule has 6 heteroatoms. The topological polar surface area (TPSA) is 55.2 Å². The molecule has 0 spiro atoms. The molecule has 3 rings (SSSR count). The van der Waals surface area contributed by atoms with Gasteiger partial charge in [-0.05, 0) is 38.3 Å². The van der Waals surface area contributed by atoms with Crippen molar-refractivity contribution in [2.24, 2.45) is 0 Å². The minimum atomic E-state index is -0.162. The molecule has 1 aromatic carbocycles. The molecule has 0 N–H and O–H groups in total. The molecular formula is C22H27N3O2S. The van der Waals surface area contributed by atoms with Crippen LogP contribution in [0.15, 0.2) is 47.5 Å². The summed E-state index contributed by atoms with van der Waals surface area (Å²) in [5.74, 6) is -0.0366. The first-order valence-corrected chi connectivity index (χ1v) is 10.6. The molecule has 0 bridgehead atoms. The van der Waals surface area contributed by atoms with Gasteiger partial charge in [0.1, 0.15) is 11.4 Å². The summed E-state index contributed by atoms with van der Waals surface area (Å²) >= 11 is 1.50. The Bertz CT molecular complexity index is 1000. The average molecular weight is 398 g/mol. The number of fused-ring (bicyclic) bond motifs is 1. The van der Waals surface area contributed by atoms with E-state index in [2.05, 4.69) is 32.7 Å². The minimum absolute atomic E-state index is 0.0208. The Kier molecular flexibility index (Phi) is 6.29. The van der Waals surface area contributed by atoms with Gasteiger partial charge in [-0.25, -0.2) is 4.98 Å². The molecule has 0 unspecified atom stereocenters. The zero-order valence-corrected chi connectivity index (χ0v) is 17.7. The summed E-state index contributed by atoms with van der Waals surface area (Å²) in [6.45, 7) is 8.28. The van der Waals surface area contributed by atoms with Gasteiger partial charge in [0, 0.05) is 17.0 Å². The van der Waals surface area contributed by atoms with E-state index < -0.39 is 0 Å². The lowest BCUT2D eigenvalue weighted by molar-refractivity contribution is -0.136. The highest BCUT2D eigenvalue weighted by molar-refractivity contribution is 7.21. The van der Waals surface area contributed by atoms with Crippen LogP contribution in [0.2, 0.25) is 0 Å². The van der Waals surface area contributed by atoms with Crippen LogP contribution in [0.5, 0.6) is 0 Å². The van der Waals surface area contributed by atoms with Crippen LogP contribution in [-0.4, -0.2) is 32.4 Å². The maximum absolute atomic E-state index is 13.0. The van der Waals surface area contributed by atoms with Gasteiger partial charge in [-0.3, -0.25) is 14.2 Å². The number of benzene rings is 1. The van der Waals surface area contributed by atoms with Crippen LogP contribution in [0.1, 0.15) is 40.5 Å². The summed E-state index contributed by atoms with van der Waals surface area (Å²) in [5.41, 5.74) is 0.900. The van der Waals surface area contributed by atoms with Crippen LogP contribution >= 0.6 is 11.3 Å². The molecule has 2 heterocycles. The SMILES string of the molecule is CC[C@@H](C)N(C(=O)Cn1cnc2sc(-c3ccccc3)cc2c1=O)[C@H](C)CC. The van der Waals surface area contributed by atoms with Gasteiger partial charge in [0.2, 0.25) is 5.91 Å². The molecule has 0 saturated carbocycles. The Morgan fingerprint density at radius 3 is 2.39 bits per heavy atom. The van der Waals surface area contributed by atoms with E-state index in [9.17, 15) is 9.59 Å². The molecule has 28 heavy (non-hydrogen) atoms. The van der Waals surface area contributed by atoms with Crippen molar-refractivity contribution in [1.82, 2.24) is 14.5 Å². The largest absolute Gasteiger partial charge is 0.336 e. The number of hydrogen-bond donors (Lipinski definition) is 0. The van der Waals surface area contributed by atoms with Crippen LogP contribution in [0.25, 0.3) is 20.7 Å². The van der Waals surface area contributed by atoms with Gasteiger partial charge in [-0.2, -0.15) is 0 Å². The van der Waals surface area contributed by atoms with E-state index >= 15 is 0 Å². The first-order valence-electron chi connectivity index (χ1n) is 9.81. The summed E-state index contributed by atoms with van der Waals surface area (Å²) in [4.78, 5) is 34.0. The Hall–Kier alpha value is -2.47. The predicted molar refractivity (Wildman–Crippen MR) is 116 cm³/mol. The standard InChI is InChI=1S/C22H27N3O2S/c1-5-15(3)25(16(4)6-2)20(26)13-24-14-23-21-18(22(24)27)12-19(28-21)17-10-8-7-9-11-17/h7-12,14-16H,5-6,13H2,1-4H3/t15-,16-/m1/s1. The number of carbonyl (C=O) groups is 1. The molecule has 0 radical (unpaired) electrons. The Balaban J connectivity index is 1.92. The van der Waals surface area contributed by atoms with Crippen molar-refractivity contribution in [3.8, 4) is 10.4 Å². The number of aromatic nitrogens is 2. The lowest BCUT2D eigenvalue weighted by Gasteiger charge is -2.34. The zero-order valence-electron chi connectivity index (χ0n) is 16.9. The average Bonchev–Trinajstić information content (AvgIpc) is 3.16. The van der Waals surface area contributed by atoms with E-state index in [0.29, 0.717) is 10.2 Å². The van der Waals surface area contributed by atoms with Crippen molar-refractivity contribution in [3.63, 3.8) is 0 Å². The monoisotopic (exact) mass is 397 g/mol. The van der Waals surface area contributed by atoms with Gasteiger partial charge < -0.3 is 4.90 Å². The lowest BCUT2D eigenvalue weighted by atomic mass is 10.1. The normalized spacial score (nSPS) is 13.4. The van der Waals surface area contributed by atoms with Gasteiger partial charge in [-0.1, -0.05) is 44.2 Å². The van der Waals surface area contributed by atoms with E-state index in [4.69, 9.17) is 0 Å². The number of rotatable bonds is 7. The minimum Gasteiger partial charge on any atom is -0.336 e. The van der Waals surface area contributed by atoms with Gasteiger partial charge in [0.25, 0.3) is 5.56 Å². The van der Waals surface area contributed by atoms with Crippen molar-refractivity contribution in [1.29, 1.82) is 0 Å². The molecule has 0 saturated heterocycles. The third-order valence-corrected chi connectivity index (χ3v) is 6.39. The quantitative estimate of drug-likeness (QED) is 0.588. The van der Waals surface area contributed by atoms with Gasteiger partial charge >= 0.3 is 0 Å². The maximum atomic E-state index is 13.0. The Morgan fingerprint density at radius 1 is 1.14 bits per heavy atom. The summed E-state index contributed by atoms with van der Waals surface area (Å²) in [5, 5.41) is 0.567. The van der Waals surface area contributed by atoms with Crippen LogP contribution in [0.3, 0.4) is 0 Å². The molecule has 0 aliphatic carbocycles. The highest BCUT2D eigenvalue weighted by atomic mass is 32.1. The number of amides is 1. The fourth-order valence-corrected chi connectivity index (χ4v) is 4.36. The number of nitrogens with zero attached hydrogens (tertiary/aromatic N) is 3. The fourth-order valence-electron chi connectivity index (χ4n) is 3.36. The smallest absolute Gasteiger partial charge is 0.262 e. The van der Waals surface area contributed by atoms with E-state index in [1.54, 1.807) is 0 Å². The molecule has 148 valence electrons. The van der Waals surface area contributed by atoms with Gasteiger partial charge in [0.15, 0.2) is 0 Å². The number of carbonyl (C=O) groups excluding carboxylic acids is 1. The van der Waals surface area contributed by atoms with Crippen molar-refractivity contribution >= 4 is 27.5 Å². The highest BCUT2D eigenvalue weighted by Crippen LogP contribution is 2.30. The first-order chi connectivity index (χ1) is 13.5. The molecular weight excluding hydrogens is 370 g/mol. The zero-order chi connectivity index (χ0) is 20.3. The lowest BCUT2D eigenvalue weighted by Crippen LogP contribution is -2.46. The molecule has 0 aliphatic heterocycles. The molecule has 0 aliphatic rings. The Labute approximate surface area is 169 Å². The van der Waals surface area contributed by atoms with Crippen LogP contribution in [0, 0.1) is 0 Å². The van der Waals surface area contributed by atoms with E-state index in [-0.39, 0.29) is 30.1 Å². The van der Waals surface area contributed by atoms with Crippen molar-refractivity contribution < 1.29 is 4.79 Å². The number of hydrogen-bond acceptors (Lipinski definition) is 4. The van der Waals surface area contributed by atoms with E-state index in [1.807, 2.05) is 41.3 Å². The second-order valence-electron chi connectivity index (χ2n) is 7.19. The van der Waals surface area contributed by atoms with Crippen LogP contribution in [0.4, 0.5) is 0 Å². The summed E-state index contributed by atoms with van der Waals surface area (Å²) < 4.78 is 1.43. The van der Waals surface area contributed by atoms with Crippen molar-refractivity contribution in [2.45, 2.75) is 59.2 Å².